The molecule has 2 aromatic heterocycles. The minimum Gasteiger partial charge on any atom is -0.379 e. The Morgan fingerprint density at radius 1 is 1.10 bits per heavy atom. The Labute approximate surface area is 169 Å². The van der Waals surface area contributed by atoms with E-state index in [1.54, 1.807) is 18.7 Å². The fraction of sp³-hybridized carbons (Fsp3) is 0.476. The number of nitrogens with zero attached hydrogens (tertiary/aromatic N) is 4. The van der Waals surface area contributed by atoms with Crippen molar-refractivity contribution in [1.82, 2.24) is 18.7 Å². The van der Waals surface area contributed by atoms with Crippen molar-refractivity contribution in [2.45, 2.75) is 39.8 Å². The first-order chi connectivity index (χ1) is 13.8. The third-order valence-corrected chi connectivity index (χ3v) is 4.88. The molecule has 1 N–H and O–H groups in total. The Morgan fingerprint density at radius 2 is 1.79 bits per heavy atom. The Bertz CT molecular complexity index is 1110. The number of hydrogen-bond acceptors (Lipinski definition) is 5. The zero-order valence-corrected chi connectivity index (χ0v) is 17.7. The fourth-order valence-corrected chi connectivity index (χ4v) is 3.21. The van der Waals surface area contributed by atoms with Crippen molar-refractivity contribution in [2.24, 2.45) is 14.1 Å². The Hall–Kier alpha value is -2.87. The van der Waals surface area contributed by atoms with E-state index in [9.17, 15) is 9.59 Å². The zero-order chi connectivity index (χ0) is 21.1. The Balaban J connectivity index is 1.91. The lowest BCUT2D eigenvalue weighted by molar-refractivity contribution is 0.0787. The van der Waals surface area contributed by atoms with Crippen LogP contribution in [-0.2, 0) is 25.4 Å². The number of hydrogen-bond donors (Lipinski definition) is 1. The van der Waals surface area contributed by atoms with Crippen LogP contribution in [0.2, 0.25) is 0 Å². The monoisotopic (exact) mass is 399 g/mol. The van der Waals surface area contributed by atoms with Crippen LogP contribution in [0.1, 0.15) is 31.4 Å². The van der Waals surface area contributed by atoms with Gasteiger partial charge in [-0.3, -0.25) is 13.9 Å². The number of aryl methyl sites for hydroxylation is 3. The van der Waals surface area contributed by atoms with E-state index in [0.717, 1.165) is 17.5 Å². The van der Waals surface area contributed by atoms with Crippen molar-refractivity contribution in [2.75, 3.05) is 18.5 Å². The highest BCUT2D eigenvalue weighted by molar-refractivity contribution is 5.74. The Morgan fingerprint density at radius 3 is 2.45 bits per heavy atom. The molecule has 156 valence electrons. The van der Waals surface area contributed by atoms with E-state index in [-0.39, 0.29) is 23.9 Å². The van der Waals surface area contributed by atoms with E-state index >= 15 is 0 Å². The summed E-state index contributed by atoms with van der Waals surface area (Å²) in [6.45, 7) is 7.54. The second kappa shape index (κ2) is 8.65. The van der Waals surface area contributed by atoms with Gasteiger partial charge in [-0.25, -0.2) is 4.79 Å². The van der Waals surface area contributed by atoms with Gasteiger partial charge < -0.3 is 14.6 Å². The third-order valence-electron chi connectivity index (χ3n) is 4.88. The smallest absolute Gasteiger partial charge is 0.332 e. The van der Waals surface area contributed by atoms with Crippen LogP contribution in [0.15, 0.2) is 33.9 Å². The molecular weight excluding hydrogens is 370 g/mol. The van der Waals surface area contributed by atoms with Crippen LogP contribution in [0.25, 0.3) is 11.2 Å². The molecule has 0 fully saturated rings. The summed E-state index contributed by atoms with van der Waals surface area (Å²) < 4.78 is 9.94. The quantitative estimate of drug-likeness (QED) is 0.586. The van der Waals surface area contributed by atoms with Gasteiger partial charge in [-0.1, -0.05) is 29.8 Å². The van der Waals surface area contributed by atoms with Crippen LogP contribution < -0.4 is 16.6 Å². The van der Waals surface area contributed by atoms with Crippen LogP contribution in [0, 0.1) is 6.92 Å². The Kier molecular flexibility index (Phi) is 6.22. The molecule has 0 saturated heterocycles. The van der Waals surface area contributed by atoms with E-state index in [1.165, 1.54) is 9.13 Å². The van der Waals surface area contributed by atoms with Gasteiger partial charge in [0.15, 0.2) is 11.2 Å². The van der Waals surface area contributed by atoms with E-state index in [4.69, 9.17) is 4.74 Å². The van der Waals surface area contributed by atoms with Crippen LogP contribution in [0.5, 0.6) is 0 Å². The zero-order valence-electron chi connectivity index (χ0n) is 17.7. The molecule has 0 unspecified atom stereocenters. The van der Waals surface area contributed by atoms with Crippen LogP contribution >= 0.6 is 0 Å². The predicted molar refractivity (Wildman–Crippen MR) is 115 cm³/mol. The number of fused-ring (bicyclic) bond motifs is 1. The number of ether oxygens (including phenoxy) is 1. The molecule has 3 rings (SSSR count). The molecule has 2 heterocycles. The van der Waals surface area contributed by atoms with E-state index < -0.39 is 0 Å². The lowest BCUT2D eigenvalue weighted by Crippen LogP contribution is -2.39. The summed E-state index contributed by atoms with van der Waals surface area (Å²) in [7, 11) is 3.42. The van der Waals surface area contributed by atoms with Crippen LogP contribution in [0.3, 0.4) is 0 Å². The molecule has 0 aliphatic rings. The molecule has 29 heavy (non-hydrogen) atoms. The molecule has 3 aromatic rings. The largest absolute Gasteiger partial charge is 0.379 e. The predicted octanol–water partition coefficient (Wildman–Crippen LogP) is 2.02. The van der Waals surface area contributed by atoms with Crippen molar-refractivity contribution in [1.29, 1.82) is 0 Å². The average molecular weight is 399 g/mol. The van der Waals surface area contributed by atoms with Crippen molar-refractivity contribution >= 4 is 17.1 Å². The van der Waals surface area contributed by atoms with Gasteiger partial charge in [0.2, 0.25) is 5.95 Å². The molecule has 0 spiro atoms. The maximum Gasteiger partial charge on any atom is 0.332 e. The highest BCUT2D eigenvalue weighted by Gasteiger charge is 2.18. The minimum absolute atomic E-state index is 0.201. The number of rotatable bonds is 8. The number of aromatic nitrogens is 4. The van der Waals surface area contributed by atoms with Gasteiger partial charge in [0, 0.05) is 27.2 Å². The summed E-state index contributed by atoms with van der Waals surface area (Å²) in [5, 5.41) is 3.23. The number of nitrogens with one attached hydrogen (secondary N) is 1. The molecule has 0 aliphatic carbocycles. The van der Waals surface area contributed by atoms with Crippen molar-refractivity contribution in [3.8, 4) is 0 Å². The van der Waals surface area contributed by atoms with Gasteiger partial charge in [0.05, 0.1) is 12.6 Å². The van der Waals surface area contributed by atoms with E-state index in [1.807, 2.05) is 45.0 Å². The number of benzene rings is 1. The van der Waals surface area contributed by atoms with Gasteiger partial charge >= 0.3 is 5.69 Å². The lowest BCUT2D eigenvalue weighted by atomic mass is 10.1. The summed E-state index contributed by atoms with van der Waals surface area (Å²) in [6, 6.07) is 7.80. The maximum absolute atomic E-state index is 13.1. The highest BCUT2D eigenvalue weighted by Crippen LogP contribution is 2.14. The standard InChI is InChI=1S/C21H29N5O3/c1-14(2)29-12-6-11-22-20-23-18-17(24(20)4)19(27)26(21(28)25(18)5)13-16-9-7-15(3)8-10-16/h7-10,14H,6,11-13H2,1-5H3,(H,22,23). The molecular formula is C21H29N5O3. The summed E-state index contributed by atoms with van der Waals surface area (Å²) in [5.41, 5.74) is 2.10. The molecule has 0 bridgehead atoms. The third kappa shape index (κ3) is 4.42. The van der Waals surface area contributed by atoms with Gasteiger partial charge in [-0.2, -0.15) is 4.98 Å². The van der Waals surface area contributed by atoms with Gasteiger partial charge in [0.1, 0.15) is 0 Å². The second-order valence-corrected chi connectivity index (χ2v) is 7.59. The van der Waals surface area contributed by atoms with Gasteiger partial charge in [0.25, 0.3) is 5.56 Å². The molecule has 0 atom stereocenters. The maximum atomic E-state index is 13.1. The highest BCUT2D eigenvalue weighted by atomic mass is 16.5. The van der Waals surface area contributed by atoms with Crippen LogP contribution in [-0.4, -0.2) is 37.9 Å². The van der Waals surface area contributed by atoms with Crippen molar-refractivity contribution in [3.05, 3.63) is 56.2 Å². The SMILES string of the molecule is Cc1ccc(Cn2c(=O)c3c(nc(NCCCOC(C)C)n3C)n(C)c2=O)cc1. The summed E-state index contributed by atoms with van der Waals surface area (Å²) in [6.07, 6.45) is 1.02. The minimum atomic E-state index is -0.377. The summed E-state index contributed by atoms with van der Waals surface area (Å²) in [5.74, 6) is 0.560. The molecule has 0 radical (unpaired) electrons. The first kappa shape index (κ1) is 20.9. The average Bonchev–Trinajstić information content (AvgIpc) is 3.01. The number of imidazole rings is 1. The van der Waals surface area contributed by atoms with E-state index in [0.29, 0.717) is 30.3 Å². The molecule has 0 saturated carbocycles. The topological polar surface area (TPSA) is 83.1 Å². The summed E-state index contributed by atoms with van der Waals surface area (Å²) in [4.78, 5) is 30.4. The second-order valence-electron chi connectivity index (χ2n) is 7.59. The molecule has 0 aliphatic heterocycles. The first-order valence-electron chi connectivity index (χ1n) is 9.87. The fourth-order valence-electron chi connectivity index (χ4n) is 3.21. The number of anilines is 1. The van der Waals surface area contributed by atoms with Gasteiger partial charge in [-0.15, -0.1) is 0 Å². The van der Waals surface area contributed by atoms with Crippen molar-refractivity contribution in [3.63, 3.8) is 0 Å². The normalized spacial score (nSPS) is 11.5. The van der Waals surface area contributed by atoms with E-state index in [2.05, 4.69) is 10.3 Å². The van der Waals surface area contributed by atoms with Crippen LogP contribution in [0.4, 0.5) is 5.95 Å². The molecule has 8 nitrogen and oxygen atoms in total. The molecule has 1 aromatic carbocycles. The molecule has 8 heteroatoms. The van der Waals surface area contributed by atoms with Crippen molar-refractivity contribution < 1.29 is 4.74 Å². The lowest BCUT2D eigenvalue weighted by Gasteiger charge is -2.09. The van der Waals surface area contributed by atoms with Gasteiger partial charge in [-0.05, 0) is 32.8 Å². The summed E-state index contributed by atoms with van der Waals surface area (Å²) >= 11 is 0. The first-order valence-corrected chi connectivity index (χ1v) is 9.87. The molecule has 0 amide bonds.